The van der Waals surface area contributed by atoms with Crippen LogP contribution in [-0.2, 0) is 0 Å². The van der Waals surface area contributed by atoms with Crippen LogP contribution in [0.25, 0.3) is 11.1 Å². The summed E-state index contributed by atoms with van der Waals surface area (Å²) in [6.07, 6.45) is 6.12. The lowest BCUT2D eigenvalue weighted by Gasteiger charge is -2.33. The third-order valence-electron chi connectivity index (χ3n) is 6.85. The van der Waals surface area contributed by atoms with E-state index in [0.29, 0.717) is 11.5 Å². The fraction of sp³-hybridized carbons (Fsp3) is 0.367. The predicted molar refractivity (Wildman–Crippen MR) is 141 cm³/mol. The van der Waals surface area contributed by atoms with Crippen molar-refractivity contribution in [2.45, 2.75) is 44.9 Å². The third kappa shape index (κ3) is 6.06. The molecule has 1 N–H and O–H groups in total. The second-order valence-electron chi connectivity index (χ2n) is 9.18. The number of hydrogen-bond acceptors (Lipinski definition) is 3. The lowest BCUT2D eigenvalue weighted by atomic mass is 9.88. The van der Waals surface area contributed by atoms with Gasteiger partial charge in [-0.25, -0.2) is 0 Å². The number of piperidine rings is 1. The van der Waals surface area contributed by atoms with Crippen LogP contribution >= 0.6 is 0 Å². The molecule has 4 nitrogen and oxygen atoms in total. The van der Waals surface area contributed by atoms with Gasteiger partial charge in [-0.15, -0.1) is 0 Å². The average Bonchev–Trinajstić information content (AvgIpc) is 2.90. The molecular formula is C30H36N2O2. The summed E-state index contributed by atoms with van der Waals surface area (Å²) in [6.45, 7) is 5.71. The van der Waals surface area contributed by atoms with Crippen molar-refractivity contribution in [2.75, 3.05) is 32.1 Å². The third-order valence-corrected chi connectivity index (χ3v) is 6.85. The molecule has 3 aromatic rings. The standard InChI is InChI=1S/C30H36N2O2/c1-3-4-8-19-32-20-17-25(18-21-32)28-22-27(15-16-29(28)34-2)31-30(33)26-13-11-24(12-14-26)23-9-6-5-7-10-23/h5-7,9-16,22,25H,3-4,8,17-21H2,1-2H3,(H,31,33). The van der Waals surface area contributed by atoms with Gasteiger partial charge in [-0.3, -0.25) is 4.79 Å². The second-order valence-corrected chi connectivity index (χ2v) is 9.18. The Balaban J connectivity index is 1.41. The fourth-order valence-electron chi connectivity index (χ4n) is 4.83. The number of likely N-dealkylation sites (tertiary alicyclic amines) is 1. The van der Waals surface area contributed by atoms with Gasteiger partial charge < -0.3 is 15.0 Å². The van der Waals surface area contributed by atoms with Gasteiger partial charge >= 0.3 is 0 Å². The van der Waals surface area contributed by atoms with E-state index in [0.717, 1.165) is 48.5 Å². The molecule has 0 atom stereocenters. The summed E-state index contributed by atoms with van der Waals surface area (Å²) in [6, 6.07) is 24.0. The molecule has 1 heterocycles. The van der Waals surface area contributed by atoms with E-state index in [2.05, 4.69) is 35.3 Å². The number of benzene rings is 3. The predicted octanol–water partition coefficient (Wildman–Crippen LogP) is 6.98. The summed E-state index contributed by atoms with van der Waals surface area (Å²) in [7, 11) is 1.73. The number of anilines is 1. The number of methoxy groups -OCH3 is 1. The van der Waals surface area contributed by atoms with Crippen LogP contribution < -0.4 is 10.1 Å². The van der Waals surface area contributed by atoms with E-state index in [1.54, 1.807) is 7.11 Å². The maximum absolute atomic E-state index is 12.9. The zero-order valence-corrected chi connectivity index (χ0v) is 20.4. The number of hydrogen-bond donors (Lipinski definition) is 1. The van der Waals surface area contributed by atoms with Crippen LogP contribution in [0.2, 0.25) is 0 Å². The lowest BCUT2D eigenvalue weighted by molar-refractivity contribution is 0.102. The fourth-order valence-corrected chi connectivity index (χ4v) is 4.83. The zero-order valence-electron chi connectivity index (χ0n) is 20.4. The van der Waals surface area contributed by atoms with E-state index in [9.17, 15) is 4.79 Å². The highest BCUT2D eigenvalue weighted by atomic mass is 16.5. The van der Waals surface area contributed by atoms with E-state index in [1.165, 1.54) is 31.4 Å². The Bertz CT molecular complexity index is 1050. The molecule has 1 saturated heterocycles. The molecule has 0 saturated carbocycles. The second kappa shape index (κ2) is 11.8. The van der Waals surface area contributed by atoms with Gasteiger partial charge in [0.1, 0.15) is 5.75 Å². The summed E-state index contributed by atoms with van der Waals surface area (Å²) in [5.41, 5.74) is 4.92. The van der Waals surface area contributed by atoms with Crippen molar-refractivity contribution in [3.05, 3.63) is 83.9 Å². The van der Waals surface area contributed by atoms with Crippen molar-refractivity contribution in [2.24, 2.45) is 0 Å². The van der Waals surface area contributed by atoms with Gasteiger partial charge in [-0.1, -0.05) is 62.2 Å². The van der Waals surface area contributed by atoms with Crippen molar-refractivity contribution in [1.82, 2.24) is 4.90 Å². The molecule has 0 radical (unpaired) electrons. The Labute approximate surface area is 204 Å². The first-order chi connectivity index (χ1) is 16.7. The number of nitrogens with one attached hydrogen (secondary N) is 1. The van der Waals surface area contributed by atoms with Gasteiger partial charge in [0, 0.05) is 11.3 Å². The minimum Gasteiger partial charge on any atom is -0.496 e. The molecule has 0 bridgehead atoms. The Kier molecular flexibility index (Phi) is 8.37. The van der Waals surface area contributed by atoms with Crippen LogP contribution in [0.15, 0.2) is 72.8 Å². The highest BCUT2D eigenvalue weighted by molar-refractivity contribution is 6.04. The molecule has 0 aliphatic carbocycles. The van der Waals surface area contributed by atoms with Gasteiger partial charge in [0.05, 0.1) is 7.11 Å². The minimum absolute atomic E-state index is 0.0959. The van der Waals surface area contributed by atoms with Gasteiger partial charge in [0.15, 0.2) is 0 Å². The van der Waals surface area contributed by atoms with E-state index >= 15 is 0 Å². The lowest BCUT2D eigenvalue weighted by Crippen LogP contribution is -2.33. The van der Waals surface area contributed by atoms with Gasteiger partial charge in [0.25, 0.3) is 5.91 Å². The summed E-state index contributed by atoms with van der Waals surface area (Å²) in [4.78, 5) is 15.5. The average molecular weight is 457 g/mol. The molecule has 4 heteroatoms. The largest absolute Gasteiger partial charge is 0.496 e. The van der Waals surface area contributed by atoms with Crippen LogP contribution in [0, 0.1) is 0 Å². The molecule has 1 fully saturated rings. The molecular weight excluding hydrogens is 420 g/mol. The number of carbonyl (C=O) groups is 1. The number of nitrogens with zero attached hydrogens (tertiary/aromatic N) is 1. The van der Waals surface area contributed by atoms with Gasteiger partial charge in [-0.2, -0.15) is 0 Å². The summed E-state index contributed by atoms with van der Waals surface area (Å²) < 4.78 is 5.68. The number of unbranched alkanes of at least 4 members (excludes halogenated alkanes) is 2. The number of amides is 1. The molecule has 178 valence electrons. The van der Waals surface area contributed by atoms with E-state index in [4.69, 9.17) is 4.74 Å². The summed E-state index contributed by atoms with van der Waals surface area (Å²) in [5.74, 6) is 1.27. The van der Waals surface area contributed by atoms with Crippen molar-refractivity contribution in [3.63, 3.8) is 0 Å². The van der Waals surface area contributed by atoms with Crippen molar-refractivity contribution < 1.29 is 9.53 Å². The Morgan fingerprint density at radius 2 is 1.65 bits per heavy atom. The monoisotopic (exact) mass is 456 g/mol. The van der Waals surface area contributed by atoms with Gasteiger partial charge in [0.2, 0.25) is 0 Å². The number of carbonyl (C=O) groups excluding carboxylic acids is 1. The number of ether oxygens (including phenoxy) is 1. The first-order valence-corrected chi connectivity index (χ1v) is 12.5. The minimum atomic E-state index is -0.0959. The van der Waals surface area contributed by atoms with Crippen molar-refractivity contribution in [3.8, 4) is 16.9 Å². The van der Waals surface area contributed by atoms with E-state index < -0.39 is 0 Å². The van der Waals surface area contributed by atoms with Crippen LogP contribution in [0.3, 0.4) is 0 Å². The molecule has 4 rings (SSSR count). The number of rotatable bonds is 9. The summed E-state index contributed by atoms with van der Waals surface area (Å²) in [5, 5.41) is 3.09. The Hall–Kier alpha value is -3.11. The molecule has 3 aromatic carbocycles. The molecule has 0 spiro atoms. The van der Waals surface area contributed by atoms with Crippen LogP contribution in [0.5, 0.6) is 5.75 Å². The van der Waals surface area contributed by atoms with Crippen molar-refractivity contribution >= 4 is 11.6 Å². The van der Waals surface area contributed by atoms with Crippen LogP contribution in [-0.4, -0.2) is 37.6 Å². The molecule has 0 aromatic heterocycles. The maximum Gasteiger partial charge on any atom is 0.255 e. The summed E-state index contributed by atoms with van der Waals surface area (Å²) >= 11 is 0. The van der Waals surface area contributed by atoms with Crippen LogP contribution in [0.4, 0.5) is 5.69 Å². The highest BCUT2D eigenvalue weighted by Gasteiger charge is 2.23. The SMILES string of the molecule is CCCCCN1CCC(c2cc(NC(=O)c3ccc(-c4ccccc4)cc3)ccc2OC)CC1. The van der Waals surface area contributed by atoms with Crippen LogP contribution in [0.1, 0.15) is 60.9 Å². The smallest absolute Gasteiger partial charge is 0.255 e. The van der Waals surface area contributed by atoms with E-state index in [-0.39, 0.29) is 5.91 Å². The molecule has 1 aliphatic rings. The molecule has 1 amide bonds. The Morgan fingerprint density at radius 3 is 2.32 bits per heavy atom. The maximum atomic E-state index is 12.9. The quantitative estimate of drug-likeness (QED) is 0.353. The van der Waals surface area contributed by atoms with E-state index in [1.807, 2.05) is 54.6 Å². The highest BCUT2D eigenvalue weighted by Crippen LogP contribution is 2.36. The molecule has 0 unspecified atom stereocenters. The molecule has 34 heavy (non-hydrogen) atoms. The first kappa shape index (κ1) is 24.0. The topological polar surface area (TPSA) is 41.6 Å². The zero-order chi connectivity index (χ0) is 23.8. The van der Waals surface area contributed by atoms with Gasteiger partial charge in [-0.05, 0) is 91.8 Å². The normalized spacial score (nSPS) is 14.6. The van der Waals surface area contributed by atoms with Crippen molar-refractivity contribution in [1.29, 1.82) is 0 Å². The first-order valence-electron chi connectivity index (χ1n) is 12.5. The molecule has 1 aliphatic heterocycles. The Morgan fingerprint density at radius 1 is 0.941 bits per heavy atom.